The van der Waals surface area contributed by atoms with Gasteiger partial charge < -0.3 is 11.1 Å². The minimum atomic E-state index is -0.176. The van der Waals surface area contributed by atoms with E-state index in [0.717, 1.165) is 5.56 Å². The Balaban J connectivity index is 2.69. The van der Waals surface area contributed by atoms with Gasteiger partial charge in [0.15, 0.2) is 0 Å². The highest BCUT2D eigenvalue weighted by Gasteiger charge is 2.15. The van der Waals surface area contributed by atoms with Crippen molar-refractivity contribution in [2.45, 2.75) is 19.9 Å². The molecule has 0 saturated carbocycles. The number of carbonyl (C=O) groups excluding carboxylic acids is 1. The zero-order valence-electron chi connectivity index (χ0n) is 9.53. The lowest BCUT2D eigenvalue weighted by atomic mass is 10.1. The van der Waals surface area contributed by atoms with Gasteiger partial charge in [-0.3, -0.25) is 4.79 Å². The number of hydrogen-bond acceptors (Lipinski definition) is 2. The Morgan fingerprint density at radius 3 is 2.62 bits per heavy atom. The summed E-state index contributed by atoms with van der Waals surface area (Å²) in [5.41, 5.74) is 6.35. The van der Waals surface area contributed by atoms with Crippen molar-refractivity contribution in [2.75, 3.05) is 6.54 Å². The van der Waals surface area contributed by atoms with Crippen molar-refractivity contribution >= 4 is 17.5 Å². The van der Waals surface area contributed by atoms with Crippen LogP contribution in [0.1, 0.15) is 25.5 Å². The Morgan fingerprint density at radius 1 is 1.44 bits per heavy atom. The third-order valence-corrected chi connectivity index (χ3v) is 2.88. The van der Waals surface area contributed by atoms with Gasteiger partial charge in [0, 0.05) is 17.5 Å². The van der Waals surface area contributed by atoms with Crippen LogP contribution in [0, 0.1) is 5.92 Å². The Morgan fingerprint density at radius 2 is 2.06 bits per heavy atom. The predicted molar refractivity (Wildman–Crippen MR) is 66.2 cm³/mol. The normalized spacial score (nSPS) is 14.2. The van der Waals surface area contributed by atoms with Crippen LogP contribution in [0.4, 0.5) is 0 Å². The molecule has 0 aliphatic carbocycles. The Kier molecular flexibility index (Phi) is 4.77. The summed E-state index contributed by atoms with van der Waals surface area (Å²) in [6.45, 7) is 4.05. The lowest BCUT2D eigenvalue weighted by Crippen LogP contribution is -2.34. The standard InChI is InChI=1S/C12H17ClN2O/c1-8(7-14)12(16)15-9(2)10-5-3-4-6-11(10)13/h3-6,8-9H,7,14H2,1-2H3,(H,15,16). The molecule has 0 heterocycles. The molecule has 2 unspecified atom stereocenters. The third-order valence-electron chi connectivity index (χ3n) is 2.53. The van der Waals surface area contributed by atoms with Crippen LogP contribution in [0.15, 0.2) is 24.3 Å². The van der Waals surface area contributed by atoms with Crippen LogP contribution in [-0.2, 0) is 4.79 Å². The largest absolute Gasteiger partial charge is 0.349 e. The van der Waals surface area contributed by atoms with Crippen molar-refractivity contribution in [1.29, 1.82) is 0 Å². The molecule has 4 heteroatoms. The number of carbonyl (C=O) groups is 1. The molecule has 0 bridgehead atoms. The molecule has 1 aromatic carbocycles. The van der Waals surface area contributed by atoms with E-state index in [2.05, 4.69) is 5.32 Å². The molecule has 16 heavy (non-hydrogen) atoms. The van der Waals surface area contributed by atoms with E-state index in [1.54, 1.807) is 6.92 Å². The smallest absolute Gasteiger partial charge is 0.224 e. The average Bonchev–Trinajstić information content (AvgIpc) is 2.28. The van der Waals surface area contributed by atoms with Gasteiger partial charge in [0.25, 0.3) is 0 Å². The topological polar surface area (TPSA) is 55.1 Å². The number of rotatable bonds is 4. The van der Waals surface area contributed by atoms with Gasteiger partial charge >= 0.3 is 0 Å². The summed E-state index contributed by atoms with van der Waals surface area (Å²) < 4.78 is 0. The molecule has 1 rings (SSSR count). The lowest BCUT2D eigenvalue weighted by molar-refractivity contribution is -0.124. The van der Waals surface area contributed by atoms with Gasteiger partial charge in [-0.2, -0.15) is 0 Å². The minimum Gasteiger partial charge on any atom is -0.349 e. The van der Waals surface area contributed by atoms with Crippen molar-refractivity contribution in [1.82, 2.24) is 5.32 Å². The second-order valence-electron chi connectivity index (χ2n) is 3.89. The third kappa shape index (κ3) is 3.22. The van der Waals surface area contributed by atoms with E-state index in [1.165, 1.54) is 0 Å². The van der Waals surface area contributed by atoms with Gasteiger partial charge in [0.05, 0.1) is 6.04 Å². The Bertz CT molecular complexity index is 368. The molecule has 0 aliphatic heterocycles. The summed E-state index contributed by atoms with van der Waals surface area (Å²) in [6.07, 6.45) is 0. The van der Waals surface area contributed by atoms with Crippen molar-refractivity contribution in [3.8, 4) is 0 Å². The van der Waals surface area contributed by atoms with E-state index in [1.807, 2.05) is 31.2 Å². The van der Waals surface area contributed by atoms with Crippen LogP contribution in [0.3, 0.4) is 0 Å². The summed E-state index contributed by atoms with van der Waals surface area (Å²) in [5.74, 6) is -0.222. The molecule has 0 radical (unpaired) electrons. The van der Waals surface area contributed by atoms with E-state index in [9.17, 15) is 4.79 Å². The SMILES string of the molecule is CC(CN)C(=O)NC(C)c1ccccc1Cl. The first kappa shape index (κ1) is 13.0. The van der Waals surface area contributed by atoms with Gasteiger partial charge in [-0.1, -0.05) is 36.7 Å². The molecule has 0 aromatic heterocycles. The molecular formula is C12H17ClN2O. The van der Waals surface area contributed by atoms with E-state index in [0.29, 0.717) is 11.6 Å². The second-order valence-corrected chi connectivity index (χ2v) is 4.30. The van der Waals surface area contributed by atoms with Crippen LogP contribution in [0.5, 0.6) is 0 Å². The minimum absolute atomic E-state index is 0.0464. The van der Waals surface area contributed by atoms with Crippen LogP contribution < -0.4 is 11.1 Å². The number of hydrogen-bond donors (Lipinski definition) is 2. The van der Waals surface area contributed by atoms with Crippen LogP contribution in [0.25, 0.3) is 0 Å². The van der Waals surface area contributed by atoms with Crippen molar-refractivity contribution in [3.05, 3.63) is 34.9 Å². The van der Waals surface area contributed by atoms with E-state index < -0.39 is 0 Å². The first-order valence-corrected chi connectivity index (χ1v) is 5.69. The van der Waals surface area contributed by atoms with E-state index in [-0.39, 0.29) is 17.9 Å². The monoisotopic (exact) mass is 240 g/mol. The fourth-order valence-electron chi connectivity index (χ4n) is 1.37. The Labute approximate surface area is 101 Å². The maximum Gasteiger partial charge on any atom is 0.224 e. The number of halogens is 1. The van der Waals surface area contributed by atoms with Crippen LogP contribution >= 0.6 is 11.6 Å². The van der Waals surface area contributed by atoms with E-state index in [4.69, 9.17) is 17.3 Å². The molecule has 0 saturated heterocycles. The number of amides is 1. The van der Waals surface area contributed by atoms with Crippen LogP contribution in [-0.4, -0.2) is 12.5 Å². The van der Waals surface area contributed by atoms with Crippen LogP contribution in [0.2, 0.25) is 5.02 Å². The maximum atomic E-state index is 11.6. The molecule has 0 spiro atoms. The summed E-state index contributed by atoms with van der Waals surface area (Å²) in [5, 5.41) is 3.55. The molecule has 2 atom stereocenters. The maximum absolute atomic E-state index is 11.6. The molecule has 0 aliphatic rings. The number of nitrogens with one attached hydrogen (secondary N) is 1. The van der Waals surface area contributed by atoms with Gasteiger partial charge in [0.2, 0.25) is 5.91 Å². The summed E-state index contributed by atoms with van der Waals surface area (Å²) >= 11 is 6.04. The fourth-order valence-corrected chi connectivity index (χ4v) is 1.67. The molecule has 1 aromatic rings. The van der Waals surface area contributed by atoms with Crippen molar-refractivity contribution in [2.24, 2.45) is 11.7 Å². The highest BCUT2D eigenvalue weighted by Crippen LogP contribution is 2.22. The van der Waals surface area contributed by atoms with Crippen molar-refractivity contribution < 1.29 is 4.79 Å². The summed E-state index contributed by atoms with van der Waals surface area (Å²) in [6, 6.07) is 7.38. The summed E-state index contributed by atoms with van der Waals surface area (Å²) in [4.78, 5) is 11.6. The quantitative estimate of drug-likeness (QED) is 0.847. The zero-order valence-corrected chi connectivity index (χ0v) is 10.3. The molecular weight excluding hydrogens is 224 g/mol. The number of nitrogens with two attached hydrogens (primary N) is 1. The second kappa shape index (κ2) is 5.87. The summed E-state index contributed by atoms with van der Waals surface area (Å²) in [7, 11) is 0. The van der Waals surface area contributed by atoms with Gasteiger partial charge in [-0.25, -0.2) is 0 Å². The number of benzene rings is 1. The molecule has 3 nitrogen and oxygen atoms in total. The highest BCUT2D eigenvalue weighted by molar-refractivity contribution is 6.31. The fraction of sp³-hybridized carbons (Fsp3) is 0.417. The highest BCUT2D eigenvalue weighted by atomic mass is 35.5. The zero-order chi connectivity index (χ0) is 12.1. The van der Waals surface area contributed by atoms with Gasteiger partial charge in [0.1, 0.15) is 0 Å². The first-order valence-electron chi connectivity index (χ1n) is 5.31. The molecule has 88 valence electrons. The Hall–Kier alpha value is -1.06. The van der Waals surface area contributed by atoms with Crippen molar-refractivity contribution in [3.63, 3.8) is 0 Å². The first-order chi connectivity index (χ1) is 7.56. The molecule has 1 amide bonds. The molecule has 0 fully saturated rings. The van der Waals surface area contributed by atoms with Gasteiger partial charge in [-0.05, 0) is 18.6 Å². The molecule has 3 N–H and O–H groups in total. The lowest BCUT2D eigenvalue weighted by Gasteiger charge is -2.18. The average molecular weight is 241 g/mol. The predicted octanol–water partition coefficient (Wildman–Crippen LogP) is 2.11. The van der Waals surface area contributed by atoms with E-state index >= 15 is 0 Å². The van der Waals surface area contributed by atoms with Gasteiger partial charge in [-0.15, -0.1) is 0 Å².